The van der Waals surface area contributed by atoms with Crippen molar-refractivity contribution in [1.29, 1.82) is 0 Å². The molecule has 0 atom stereocenters. The van der Waals surface area contributed by atoms with Gasteiger partial charge in [-0.1, -0.05) is 45.0 Å². The maximum Gasteiger partial charge on any atom is 0.0207 e. The van der Waals surface area contributed by atoms with Gasteiger partial charge in [0.05, 0.1) is 0 Å². The van der Waals surface area contributed by atoms with E-state index in [0.717, 1.165) is 6.54 Å². The van der Waals surface area contributed by atoms with Gasteiger partial charge in [-0.25, -0.2) is 0 Å². The first-order valence-corrected chi connectivity index (χ1v) is 7.61. The standard InChI is InChI=1S/C17H30N2/c1-5-12-19(4)13-6-7-16-8-10-17(11-9-16)14-18-15(2)3/h8-11,15,18H,5-7,12-14H2,1-4H3. The third kappa shape index (κ3) is 7.34. The second-order valence-corrected chi connectivity index (χ2v) is 5.76. The minimum absolute atomic E-state index is 0.550. The third-order valence-electron chi connectivity index (χ3n) is 3.35. The Morgan fingerprint density at radius 3 is 2.26 bits per heavy atom. The highest BCUT2D eigenvalue weighted by Crippen LogP contribution is 2.07. The maximum absolute atomic E-state index is 3.45. The molecule has 1 aromatic rings. The maximum atomic E-state index is 3.45. The van der Waals surface area contributed by atoms with E-state index in [4.69, 9.17) is 0 Å². The smallest absolute Gasteiger partial charge is 0.0207 e. The molecule has 0 saturated heterocycles. The Morgan fingerprint density at radius 1 is 1.05 bits per heavy atom. The molecule has 0 aromatic heterocycles. The van der Waals surface area contributed by atoms with Crippen molar-refractivity contribution in [3.8, 4) is 0 Å². The molecular formula is C17H30N2. The summed E-state index contributed by atoms with van der Waals surface area (Å²) in [7, 11) is 2.21. The molecule has 0 amide bonds. The van der Waals surface area contributed by atoms with Gasteiger partial charge in [-0.2, -0.15) is 0 Å². The summed E-state index contributed by atoms with van der Waals surface area (Å²) in [6.07, 6.45) is 3.68. The fourth-order valence-electron chi connectivity index (χ4n) is 2.19. The molecule has 0 radical (unpaired) electrons. The fraction of sp³-hybridized carbons (Fsp3) is 0.647. The molecular weight excluding hydrogens is 232 g/mol. The van der Waals surface area contributed by atoms with Crippen LogP contribution in [0.25, 0.3) is 0 Å². The van der Waals surface area contributed by atoms with Gasteiger partial charge in [-0.05, 0) is 50.5 Å². The molecule has 2 nitrogen and oxygen atoms in total. The molecule has 0 spiro atoms. The highest BCUT2D eigenvalue weighted by molar-refractivity contribution is 5.22. The van der Waals surface area contributed by atoms with Crippen molar-refractivity contribution in [2.24, 2.45) is 0 Å². The van der Waals surface area contributed by atoms with Crippen LogP contribution in [0.2, 0.25) is 0 Å². The van der Waals surface area contributed by atoms with E-state index in [2.05, 4.69) is 62.3 Å². The molecule has 0 aliphatic rings. The van der Waals surface area contributed by atoms with E-state index in [1.54, 1.807) is 0 Å². The number of hydrogen-bond donors (Lipinski definition) is 1. The number of benzene rings is 1. The number of hydrogen-bond acceptors (Lipinski definition) is 2. The van der Waals surface area contributed by atoms with Crippen LogP contribution in [0.1, 0.15) is 44.7 Å². The van der Waals surface area contributed by atoms with Crippen LogP contribution in [0.4, 0.5) is 0 Å². The van der Waals surface area contributed by atoms with E-state index >= 15 is 0 Å². The second-order valence-electron chi connectivity index (χ2n) is 5.76. The summed E-state index contributed by atoms with van der Waals surface area (Å²) in [5, 5.41) is 3.45. The number of nitrogens with zero attached hydrogens (tertiary/aromatic N) is 1. The van der Waals surface area contributed by atoms with Crippen LogP contribution in [-0.2, 0) is 13.0 Å². The van der Waals surface area contributed by atoms with Gasteiger partial charge >= 0.3 is 0 Å². The molecule has 0 aliphatic carbocycles. The van der Waals surface area contributed by atoms with Gasteiger partial charge in [0.15, 0.2) is 0 Å². The lowest BCUT2D eigenvalue weighted by Crippen LogP contribution is -2.21. The largest absolute Gasteiger partial charge is 0.310 e. The fourth-order valence-corrected chi connectivity index (χ4v) is 2.19. The first-order chi connectivity index (χ1) is 9.11. The lowest BCUT2D eigenvalue weighted by atomic mass is 10.1. The highest BCUT2D eigenvalue weighted by Gasteiger charge is 1.99. The van der Waals surface area contributed by atoms with Gasteiger partial charge in [0.25, 0.3) is 0 Å². The van der Waals surface area contributed by atoms with Crippen molar-refractivity contribution in [3.05, 3.63) is 35.4 Å². The minimum atomic E-state index is 0.550. The molecule has 0 bridgehead atoms. The van der Waals surface area contributed by atoms with Crippen LogP contribution < -0.4 is 5.32 Å². The second kappa shape index (κ2) is 9.11. The molecule has 2 heteroatoms. The van der Waals surface area contributed by atoms with Crippen molar-refractivity contribution in [2.75, 3.05) is 20.1 Å². The van der Waals surface area contributed by atoms with Crippen LogP contribution in [0.15, 0.2) is 24.3 Å². The van der Waals surface area contributed by atoms with Crippen molar-refractivity contribution < 1.29 is 0 Å². The number of nitrogens with one attached hydrogen (secondary N) is 1. The minimum Gasteiger partial charge on any atom is -0.310 e. The summed E-state index contributed by atoms with van der Waals surface area (Å²) in [5.74, 6) is 0. The molecule has 0 saturated carbocycles. The normalized spacial score (nSPS) is 11.5. The van der Waals surface area contributed by atoms with Crippen LogP contribution in [0, 0.1) is 0 Å². The van der Waals surface area contributed by atoms with Crippen molar-refractivity contribution in [1.82, 2.24) is 10.2 Å². The van der Waals surface area contributed by atoms with E-state index in [-0.39, 0.29) is 0 Å². The zero-order valence-electron chi connectivity index (χ0n) is 13.1. The molecule has 108 valence electrons. The molecule has 1 aromatic carbocycles. The Hall–Kier alpha value is -0.860. The average Bonchev–Trinajstić information content (AvgIpc) is 2.38. The number of rotatable bonds is 9. The lowest BCUT2D eigenvalue weighted by Gasteiger charge is -2.15. The summed E-state index contributed by atoms with van der Waals surface area (Å²) in [5.41, 5.74) is 2.83. The first-order valence-electron chi connectivity index (χ1n) is 7.61. The molecule has 1 N–H and O–H groups in total. The van der Waals surface area contributed by atoms with Crippen LogP contribution in [-0.4, -0.2) is 31.1 Å². The summed E-state index contributed by atoms with van der Waals surface area (Å²) >= 11 is 0. The molecule has 0 heterocycles. The molecule has 0 unspecified atom stereocenters. The summed E-state index contributed by atoms with van der Waals surface area (Å²) in [6.45, 7) is 9.98. The van der Waals surface area contributed by atoms with Gasteiger partial charge in [-0.15, -0.1) is 0 Å². The van der Waals surface area contributed by atoms with Gasteiger partial charge in [0, 0.05) is 12.6 Å². The predicted octanol–water partition coefficient (Wildman–Crippen LogP) is 3.46. The summed E-state index contributed by atoms with van der Waals surface area (Å²) in [6, 6.07) is 9.60. The molecule has 1 rings (SSSR count). The van der Waals surface area contributed by atoms with Gasteiger partial charge in [0.1, 0.15) is 0 Å². The topological polar surface area (TPSA) is 15.3 Å². The predicted molar refractivity (Wildman–Crippen MR) is 84.5 cm³/mol. The van der Waals surface area contributed by atoms with E-state index in [1.165, 1.54) is 43.5 Å². The monoisotopic (exact) mass is 262 g/mol. The van der Waals surface area contributed by atoms with Crippen molar-refractivity contribution in [2.45, 2.75) is 52.6 Å². The highest BCUT2D eigenvalue weighted by atomic mass is 15.1. The molecule has 0 aliphatic heterocycles. The van der Waals surface area contributed by atoms with E-state index < -0.39 is 0 Å². The van der Waals surface area contributed by atoms with E-state index in [9.17, 15) is 0 Å². The van der Waals surface area contributed by atoms with Gasteiger partial charge in [0.2, 0.25) is 0 Å². The van der Waals surface area contributed by atoms with E-state index in [1.807, 2.05) is 0 Å². The zero-order chi connectivity index (χ0) is 14.1. The van der Waals surface area contributed by atoms with Crippen LogP contribution >= 0.6 is 0 Å². The number of aryl methyl sites for hydroxylation is 1. The Labute approximate surface area is 119 Å². The molecule has 19 heavy (non-hydrogen) atoms. The van der Waals surface area contributed by atoms with Crippen molar-refractivity contribution >= 4 is 0 Å². The lowest BCUT2D eigenvalue weighted by molar-refractivity contribution is 0.330. The third-order valence-corrected chi connectivity index (χ3v) is 3.35. The first kappa shape index (κ1) is 16.2. The zero-order valence-corrected chi connectivity index (χ0v) is 13.1. The van der Waals surface area contributed by atoms with Crippen LogP contribution in [0.5, 0.6) is 0 Å². The Morgan fingerprint density at radius 2 is 1.68 bits per heavy atom. The summed E-state index contributed by atoms with van der Waals surface area (Å²) in [4.78, 5) is 2.42. The quantitative estimate of drug-likeness (QED) is 0.733. The summed E-state index contributed by atoms with van der Waals surface area (Å²) < 4.78 is 0. The SMILES string of the molecule is CCCN(C)CCCc1ccc(CNC(C)C)cc1. The van der Waals surface area contributed by atoms with Gasteiger partial charge < -0.3 is 10.2 Å². The van der Waals surface area contributed by atoms with Crippen molar-refractivity contribution in [3.63, 3.8) is 0 Å². The van der Waals surface area contributed by atoms with Gasteiger partial charge in [-0.3, -0.25) is 0 Å². The Balaban J connectivity index is 2.28. The Kier molecular flexibility index (Phi) is 7.76. The molecule has 0 fully saturated rings. The average molecular weight is 262 g/mol. The Bertz CT molecular complexity index is 330. The van der Waals surface area contributed by atoms with Crippen LogP contribution in [0.3, 0.4) is 0 Å². The van der Waals surface area contributed by atoms with E-state index in [0.29, 0.717) is 6.04 Å².